The normalized spacial score (nSPS) is 14.4. The fourth-order valence-electron chi connectivity index (χ4n) is 4.04. The van der Waals surface area contributed by atoms with Crippen LogP contribution in [0.25, 0.3) is 0 Å². The summed E-state index contributed by atoms with van der Waals surface area (Å²) in [4.78, 5) is 21.8. The topological polar surface area (TPSA) is 82.1 Å². The molecule has 0 fully saturated rings. The van der Waals surface area contributed by atoms with E-state index in [1.54, 1.807) is 6.92 Å². The molecule has 0 aromatic carbocycles. The molecule has 0 radical (unpaired) electrons. The van der Waals surface area contributed by atoms with E-state index in [9.17, 15) is 14.3 Å². The summed E-state index contributed by atoms with van der Waals surface area (Å²) in [5.74, 6) is -0.362. The minimum atomic E-state index is -3.74. The van der Waals surface area contributed by atoms with Crippen molar-refractivity contribution in [3.05, 3.63) is 0 Å². The fraction of sp³-hybridized carbons (Fsp3) is 0.966. The third kappa shape index (κ3) is 26.9. The Morgan fingerprint density at radius 1 is 0.757 bits per heavy atom. The zero-order chi connectivity index (χ0) is 27.8. The summed E-state index contributed by atoms with van der Waals surface area (Å²) in [6.45, 7) is 5.15. The van der Waals surface area contributed by atoms with E-state index < -0.39 is 13.7 Å². The molecule has 222 valence electrons. The Labute approximate surface area is 229 Å². The molecule has 0 aliphatic rings. The first kappa shape index (κ1) is 36.5. The maximum Gasteiger partial charge on any atom is 0.333 e. The summed E-state index contributed by atoms with van der Waals surface area (Å²) in [6, 6.07) is 0. The van der Waals surface area contributed by atoms with Crippen LogP contribution in [0.1, 0.15) is 123 Å². The highest BCUT2D eigenvalue weighted by atomic mass is 31.2. The number of carbonyl (C=O) groups excluding carboxylic acids is 1. The molecule has 0 amide bonds. The maximum atomic E-state index is 12.3. The first-order chi connectivity index (χ1) is 17.6. The molecule has 1 N–H and O–H groups in total. The Balaban J connectivity index is 3.78. The van der Waals surface area contributed by atoms with Crippen LogP contribution in [-0.4, -0.2) is 75.1 Å². The van der Waals surface area contributed by atoms with Crippen molar-refractivity contribution < 1.29 is 32.7 Å². The van der Waals surface area contributed by atoms with Gasteiger partial charge in [-0.25, -0.2) is 0 Å². The van der Waals surface area contributed by atoms with Gasteiger partial charge in [0.2, 0.25) is 0 Å². The van der Waals surface area contributed by atoms with Gasteiger partial charge in [0.25, 0.3) is 0 Å². The van der Waals surface area contributed by atoms with Gasteiger partial charge in [-0.1, -0.05) is 110 Å². The highest BCUT2D eigenvalue weighted by Gasteiger charge is 2.26. The molecular weight excluding hydrogens is 489 g/mol. The van der Waals surface area contributed by atoms with E-state index in [4.69, 9.17) is 14.0 Å². The van der Waals surface area contributed by atoms with Crippen LogP contribution in [0.5, 0.6) is 0 Å². The highest BCUT2D eigenvalue weighted by molar-refractivity contribution is 7.52. The first-order valence-corrected chi connectivity index (χ1v) is 16.9. The van der Waals surface area contributed by atoms with Crippen molar-refractivity contribution >= 4 is 13.6 Å². The van der Waals surface area contributed by atoms with Gasteiger partial charge in [0, 0.05) is 13.0 Å². The summed E-state index contributed by atoms with van der Waals surface area (Å²) < 4.78 is 29.2. The summed E-state index contributed by atoms with van der Waals surface area (Å²) in [5.41, 5.74) is 0. The lowest BCUT2D eigenvalue weighted by Crippen LogP contribution is -2.37. The summed E-state index contributed by atoms with van der Waals surface area (Å²) in [6.07, 6.45) is 20.9. The van der Waals surface area contributed by atoms with Crippen LogP contribution in [0.15, 0.2) is 0 Å². The van der Waals surface area contributed by atoms with E-state index >= 15 is 0 Å². The van der Waals surface area contributed by atoms with Gasteiger partial charge < -0.3 is 23.4 Å². The van der Waals surface area contributed by atoms with Crippen LogP contribution in [0, 0.1) is 0 Å². The molecule has 0 heterocycles. The average molecular weight is 551 g/mol. The Hall–Kier alpha value is -0.460. The zero-order valence-corrected chi connectivity index (χ0v) is 25.9. The molecule has 0 aromatic rings. The van der Waals surface area contributed by atoms with Crippen molar-refractivity contribution in [2.45, 2.75) is 129 Å². The van der Waals surface area contributed by atoms with Gasteiger partial charge in [-0.3, -0.25) is 9.36 Å². The number of unbranched alkanes of at least 4 members (excludes halogenated alkanes) is 15. The number of esters is 1. The van der Waals surface area contributed by atoms with Gasteiger partial charge in [-0.15, -0.1) is 0 Å². The lowest BCUT2D eigenvalue weighted by Gasteiger charge is -2.25. The molecule has 2 unspecified atom stereocenters. The number of nitrogens with zero attached hydrogens (tertiary/aromatic N) is 1. The SMILES string of the molecule is CCCCCCCCCCCCCCCCCCOCC(COP(=O)(O)CC[N+](C)(C)C)OC(=O)CC. The number of rotatable bonds is 27. The Bertz CT molecular complexity index is 581. The monoisotopic (exact) mass is 550 g/mol. The Morgan fingerprint density at radius 2 is 1.22 bits per heavy atom. The van der Waals surface area contributed by atoms with Crippen molar-refractivity contribution in [1.82, 2.24) is 0 Å². The lowest BCUT2D eigenvalue weighted by atomic mass is 10.0. The van der Waals surface area contributed by atoms with Crippen molar-refractivity contribution in [2.24, 2.45) is 0 Å². The molecule has 2 atom stereocenters. The predicted octanol–water partition coefficient (Wildman–Crippen LogP) is 7.49. The van der Waals surface area contributed by atoms with Gasteiger partial charge in [-0.05, 0) is 6.42 Å². The smallest absolute Gasteiger partial charge is 0.333 e. The third-order valence-corrected chi connectivity index (χ3v) is 7.87. The van der Waals surface area contributed by atoms with Gasteiger partial charge in [0.1, 0.15) is 6.10 Å². The Kier molecular flexibility index (Phi) is 23.1. The second-order valence-corrected chi connectivity index (χ2v) is 13.5. The number of hydrogen-bond donors (Lipinski definition) is 1. The quantitative estimate of drug-likeness (QED) is 0.0494. The van der Waals surface area contributed by atoms with Crippen molar-refractivity contribution in [1.29, 1.82) is 0 Å². The third-order valence-electron chi connectivity index (χ3n) is 6.55. The van der Waals surface area contributed by atoms with Crippen LogP contribution in [0.4, 0.5) is 0 Å². The molecule has 8 heteroatoms. The molecule has 0 bridgehead atoms. The van der Waals surface area contributed by atoms with E-state index in [1.165, 1.54) is 89.9 Å². The minimum Gasteiger partial charge on any atom is -0.457 e. The molecule has 0 aliphatic heterocycles. The maximum absolute atomic E-state index is 12.3. The van der Waals surface area contributed by atoms with E-state index in [2.05, 4.69) is 6.92 Å². The van der Waals surface area contributed by atoms with Crippen LogP contribution < -0.4 is 0 Å². The van der Waals surface area contributed by atoms with Crippen LogP contribution in [0.2, 0.25) is 0 Å². The van der Waals surface area contributed by atoms with Gasteiger partial charge in [0.15, 0.2) is 0 Å². The molecule has 0 rings (SSSR count). The molecule has 0 saturated carbocycles. The van der Waals surface area contributed by atoms with Gasteiger partial charge >= 0.3 is 13.6 Å². The minimum absolute atomic E-state index is 0.0605. The summed E-state index contributed by atoms with van der Waals surface area (Å²) >= 11 is 0. The second kappa shape index (κ2) is 23.4. The number of hydrogen-bond acceptors (Lipinski definition) is 5. The number of quaternary nitrogens is 1. The number of carbonyl (C=O) groups is 1. The standard InChI is InChI=1S/C29H60NO6P/c1-6-8-9-10-11-12-13-14-15-16-17-18-19-20-21-22-24-34-26-28(36-29(31)7-2)27-35-37(32,33)25-23-30(3,4)5/h28H,6-27H2,1-5H3/p+1. The van der Waals surface area contributed by atoms with E-state index in [0.717, 1.165) is 12.8 Å². The van der Waals surface area contributed by atoms with E-state index in [-0.39, 0.29) is 31.8 Å². The largest absolute Gasteiger partial charge is 0.457 e. The molecule has 0 aliphatic carbocycles. The van der Waals surface area contributed by atoms with Crippen molar-refractivity contribution in [3.63, 3.8) is 0 Å². The summed E-state index contributed by atoms with van der Waals surface area (Å²) in [5, 5.41) is 0. The van der Waals surface area contributed by atoms with Crippen LogP contribution in [-0.2, 0) is 23.4 Å². The molecular formula is C29H61NO6P+. The van der Waals surface area contributed by atoms with E-state index in [1.807, 2.05) is 21.1 Å². The zero-order valence-electron chi connectivity index (χ0n) is 25.0. The highest BCUT2D eigenvalue weighted by Crippen LogP contribution is 2.41. The molecule has 0 spiro atoms. The molecule has 37 heavy (non-hydrogen) atoms. The summed E-state index contributed by atoms with van der Waals surface area (Å²) in [7, 11) is 2.13. The van der Waals surface area contributed by atoms with Crippen LogP contribution in [0.3, 0.4) is 0 Å². The number of ether oxygens (including phenoxy) is 2. The predicted molar refractivity (Wildman–Crippen MR) is 154 cm³/mol. The van der Waals surface area contributed by atoms with E-state index in [0.29, 0.717) is 17.6 Å². The second-order valence-electron chi connectivity index (χ2n) is 11.5. The van der Waals surface area contributed by atoms with Crippen molar-refractivity contribution in [3.8, 4) is 0 Å². The van der Waals surface area contributed by atoms with Crippen molar-refractivity contribution in [2.75, 3.05) is 53.7 Å². The van der Waals surface area contributed by atoms with Gasteiger partial charge in [-0.2, -0.15) is 0 Å². The Morgan fingerprint density at radius 3 is 1.65 bits per heavy atom. The first-order valence-electron chi connectivity index (χ1n) is 15.1. The lowest BCUT2D eigenvalue weighted by molar-refractivity contribution is -0.867. The average Bonchev–Trinajstić information content (AvgIpc) is 2.84. The molecule has 7 nitrogen and oxygen atoms in total. The molecule has 0 saturated heterocycles. The fourth-order valence-corrected chi connectivity index (χ4v) is 5.42. The molecule has 0 aromatic heterocycles. The van der Waals surface area contributed by atoms with Crippen LogP contribution >= 0.6 is 7.60 Å². The van der Waals surface area contributed by atoms with Gasteiger partial charge in [0.05, 0.1) is 47.1 Å².